The van der Waals surface area contributed by atoms with Gasteiger partial charge in [0.1, 0.15) is 13.2 Å². The van der Waals surface area contributed by atoms with E-state index in [1.165, 1.54) is 180 Å². The quantitative estimate of drug-likeness (QED) is 0.0261. The summed E-state index contributed by atoms with van der Waals surface area (Å²) < 4.78 is 16.9. The number of hydrogen-bond donors (Lipinski definition) is 0. The minimum Gasteiger partial charge on any atom is -0.462 e. The van der Waals surface area contributed by atoms with Gasteiger partial charge in [-0.1, -0.05) is 273 Å². The summed E-state index contributed by atoms with van der Waals surface area (Å²) in [5.74, 6) is -0.918. The molecule has 72 heavy (non-hydrogen) atoms. The minimum atomic E-state index is -0.792. The third-order valence-electron chi connectivity index (χ3n) is 13.4. The van der Waals surface area contributed by atoms with E-state index < -0.39 is 6.10 Å². The summed E-state index contributed by atoms with van der Waals surface area (Å²) in [6.45, 7) is 6.51. The average Bonchev–Trinajstić information content (AvgIpc) is 3.38. The lowest BCUT2D eigenvalue weighted by atomic mass is 10.0. The molecule has 0 saturated carbocycles. The van der Waals surface area contributed by atoms with Gasteiger partial charge < -0.3 is 14.2 Å². The fourth-order valence-corrected chi connectivity index (χ4v) is 8.82. The monoisotopic (exact) mass is 1000 g/mol. The van der Waals surface area contributed by atoms with E-state index >= 15 is 0 Å². The van der Waals surface area contributed by atoms with E-state index in [0.717, 1.165) is 89.9 Å². The molecule has 0 amide bonds. The van der Waals surface area contributed by atoms with Gasteiger partial charge in [0, 0.05) is 19.3 Å². The van der Waals surface area contributed by atoms with Crippen LogP contribution in [0.25, 0.3) is 0 Å². The fourth-order valence-electron chi connectivity index (χ4n) is 8.82. The molecule has 0 fully saturated rings. The van der Waals surface area contributed by atoms with Gasteiger partial charge >= 0.3 is 17.9 Å². The van der Waals surface area contributed by atoms with Crippen LogP contribution in [0.15, 0.2) is 72.9 Å². The Morgan fingerprint density at radius 2 is 0.542 bits per heavy atom. The number of carbonyl (C=O) groups excluding carboxylic acids is 3. The molecular formula is C66H116O6. The maximum absolute atomic E-state index is 12.9. The second-order valence-corrected chi connectivity index (χ2v) is 20.6. The molecule has 6 nitrogen and oxygen atoms in total. The van der Waals surface area contributed by atoms with Gasteiger partial charge in [0.2, 0.25) is 0 Å². The molecule has 1 unspecified atom stereocenters. The zero-order valence-electron chi connectivity index (χ0n) is 47.7. The SMILES string of the molecule is CC/C=C\C/C=C\C/C=C\C/C=C\CCCCC(=O)OCC(COC(=O)CCCCCCCCCCCCC/C=C\C/C=C\CCCCCCC)OC(=O)CCCCCCCCCCCCCCCCCC. The van der Waals surface area contributed by atoms with Crippen LogP contribution in [0.3, 0.4) is 0 Å². The van der Waals surface area contributed by atoms with Crippen molar-refractivity contribution < 1.29 is 28.6 Å². The predicted molar refractivity (Wildman–Crippen MR) is 311 cm³/mol. The molecule has 0 radical (unpaired) electrons. The summed E-state index contributed by atoms with van der Waals surface area (Å²) >= 11 is 0. The molecule has 6 heteroatoms. The number of allylic oxidation sites excluding steroid dienone is 12. The van der Waals surface area contributed by atoms with Crippen molar-refractivity contribution in [2.24, 2.45) is 0 Å². The summed E-state index contributed by atoms with van der Waals surface area (Å²) in [7, 11) is 0. The number of ether oxygens (including phenoxy) is 3. The summed E-state index contributed by atoms with van der Waals surface area (Å²) in [6.07, 6.45) is 77.6. The van der Waals surface area contributed by atoms with E-state index in [1.54, 1.807) is 0 Å². The van der Waals surface area contributed by atoms with Gasteiger partial charge in [-0.25, -0.2) is 0 Å². The topological polar surface area (TPSA) is 78.9 Å². The molecule has 1 atom stereocenters. The molecular weight excluding hydrogens is 889 g/mol. The molecule has 0 bridgehead atoms. The summed E-state index contributed by atoms with van der Waals surface area (Å²) in [5, 5.41) is 0. The first-order chi connectivity index (χ1) is 35.5. The Labute approximate surface area is 446 Å². The number of carbonyl (C=O) groups is 3. The Bertz CT molecular complexity index is 1340. The van der Waals surface area contributed by atoms with Crippen LogP contribution in [0, 0.1) is 0 Å². The van der Waals surface area contributed by atoms with Gasteiger partial charge in [-0.15, -0.1) is 0 Å². The van der Waals surface area contributed by atoms with Gasteiger partial charge in [0.15, 0.2) is 6.10 Å². The first-order valence-electron chi connectivity index (χ1n) is 30.9. The number of unbranched alkanes of at least 4 members (excludes halogenated alkanes) is 33. The Morgan fingerprint density at radius 1 is 0.292 bits per heavy atom. The Morgan fingerprint density at radius 3 is 0.875 bits per heavy atom. The van der Waals surface area contributed by atoms with Crippen LogP contribution in [-0.2, 0) is 28.6 Å². The highest BCUT2D eigenvalue weighted by atomic mass is 16.6. The second kappa shape index (κ2) is 60.4. The van der Waals surface area contributed by atoms with Crippen LogP contribution in [0.5, 0.6) is 0 Å². The number of esters is 3. The average molecular weight is 1010 g/mol. The van der Waals surface area contributed by atoms with Crippen molar-refractivity contribution in [3.05, 3.63) is 72.9 Å². The summed E-state index contributed by atoms with van der Waals surface area (Å²) in [4.78, 5) is 38.2. The van der Waals surface area contributed by atoms with Crippen molar-refractivity contribution in [1.82, 2.24) is 0 Å². The Balaban J connectivity index is 4.35. The van der Waals surface area contributed by atoms with Crippen LogP contribution in [-0.4, -0.2) is 37.2 Å². The largest absolute Gasteiger partial charge is 0.462 e. The third kappa shape index (κ3) is 57.7. The molecule has 0 heterocycles. The molecule has 0 rings (SSSR count). The molecule has 0 aliphatic heterocycles. The maximum atomic E-state index is 12.9. The van der Waals surface area contributed by atoms with Crippen molar-refractivity contribution in [2.45, 2.75) is 316 Å². The third-order valence-corrected chi connectivity index (χ3v) is 13.4. The van der Waals surface area contributed by atoms with Crippen LogP contribution in [0.4, 0.5) is 0 Å². The smallest absolute Gasteiger partial charge is 0.306 e. The van der Waals surface area contributed by atoms with Crippen molar-refractivity contribution in [2.75, 3.05) is 13.2 Å². The van der Waals surface area contributed by atoms with Crippen LogP contribution >= 0.6 is 0 Å². The highest BCUT2D eigenvalue weighted by Gasteiger charge is 2.19. The van der Waals surface area contributed by atoms with Gasteiger partial charge in [0.05, 0.1) is 0 Å². The Hall–Kier alpha value is -3.15. The fraction of sp³-hybridized carbons (Fsp3) is 0.773. The zero-order chi connectivity index (χ0) is 52.2. The summed E-state index contributed by atoms with van der Waals surface area (Å²) in [6, 6.07) is 0. The van der Waals surface area contributed by atoms with Crippen LogP contribution in [0.1, 0.15) is 310 Å². The van der Waals surface area contributed by atoms with E-state index in [4.69, 9.17) is 14.2 Å². The number of hydrogen-bond acceptors (Lipinski definition) is 6. The second-order valence-electron chi connectivity index (χ2n) is 20.6. The first-order valence-corrected chi connectivity index (χ1v) is 30.9. The molecule has 0 aromatic carbocycles. The van der Waals surface area contributed by atoms with Gasteiger partial charge in [-0.2, -0.15) is 0 Å². The van der Waals surface area contributed by atoms with Gasteiger partial charge in [-0.05, 0) is 89.9 Å². The predicted octanol–water partition coefficient (Wildman–Crippen LogP) is 20.9. The molecule has 0 N–H and O–H groups in total. The van der Waals surface area contributed by atoms with Crippen LogP contribution < -0.4 is 0 Å². The lowest BCUT2D eigenvalue weighted by molar-refractivity contribution is -0.167. The molecule has 0 aliphatic carbocycles. The molecule has 0 saturated heterocycles. The van der Waals surface area contributed by atoms with E-state index in [0.29, 0.717) is 19.3 Å². The van der Waals surface area contributed by atoms with Crippen molar-refractivity contribution in [1.29, 1.82) is 0 Å². The molecule has 0 aromatic rings. The minimum absolute atomic E-state index is 0.0870. The maximum Gasteiger partial charge on any atom is 0.306 e. The highest BCUT2D eigenvalue weighted by Crippen LogP contribution is 2.17. The summed E-state index contributed by atoms with van der Waals surface area (Å²) in [5.41, 5.74) is 0. The number of rotatable bonds is 56. The van der Waals surface area contributed by atoms with E-state index in [9.17, 15) is 14.4 Å². The lowest BCUT2D eigenvalue weighted by Gasteiger charge is -2.18. The first kappa shape index (κ1) is 68.8. The van der Waals surface area contributed by atoms with Gasteiger partial charge in [-0.3, -0.25) is 14.4 Å². The Kier molecular flexibility index (Phi) is 57.8. The van der Waals surface area contributed by atoms with Gasteiger partial charge in [0.25, 0.3) is 0 Å². The molecule has 0 aliphatic rings. The highest BCUT2D eigenvalue weighted by molar-refractivity contribution is 5.71. The van der Waals surface area contributed by atoms with E-state index in [-0.39, 0.29) is 31.1 Å². The molecule has 416 valence electrons. The van der Waals surface area contributed by atoms with Crippen LogP contribution in [0.2, 0.25) is 0 Å². The van der Waals surface area contributed by atoms with Crippen molar-refractivity contribution >= 4 is 17.9 Å². The lowest BCUT2D eigenvalue weighted by Crippen LogP contribution is -2.30. The molecule has 0 spiro atoms. The zero-order valence-corrected chi connectivity index (χ0v) is 47.7. The molecule has 0 aromatic heterocycles. The van der Waals surface area contributed by atoms with Crippen molar-refractivity contribution in [3.8, 4) is 0 Å². The normalized spacial score (nSPS) is 12.5. The van der Waals surface area contributed by atoms with E-state index in [1.807, 2.05) is 0 Å². The standard InChI is InChI=1S/C66H116O6/c1-4-7-10-13-16-19-22-25-28-30-31-32-33-34-35-36-39-41-44-47-50-53-56-59-65(68)71-62-63(61-70-64(67)58-55-52-49-46-43-40-37-27-24-21-18-15-12-9-6-3)72-66(69)60-57-54-51-48-45-42-38-29-26-23-20-17-14-11-8-5-2/h9,12,18,21-22,25,27,30-31,37,43,46,63H,4-8,10-11,13-17,19-20,23-24,26,28-29,32-36,38-42,44-45,47-62H2,1-3H3/b12-9-,21-18-,25-22-,31-30-,37-27-,46-43-. The van der Waals surface area contributed by atoms with E-state index in [2.05, 4.69) is 93.7 Å². The van der Waals surface area contributed by atoms with Crippen molar-refractivity contribution in [3.63, 3.8) is 0 Å².